The van der Waals surface area contributed by atoms with Crippen molar-refractivity contribution in [2.75, 3.05) is 42.9 Å². The number of benzene rings is 2. The van der Waals surface area contributed by atoms with E-state index in [-0.39, 0.29) is 12.5 Å². The van der Waals surface area contributed by atoms with Gasteiger partial charge in [-0.3, -0.25) is 4.90 Å². The van der Waals surface area contributed by atoms with Crippen LogP contribution in [-0.4, -0.2) is 55.9 Å². The lowest BCUT2D eigenvalue weighted by atomic mass is 10.0. The number of carboxylic acids is 1. The molecule has 178 valence electrons. The Morgan fingerprint density at radius 3 is 2.26 bits per heavy atom. The first-order valence-electron chi connectivity index (χ1n) is 11.0. The molecule has 2 aromatic carbocycles. The molecule has 1 aromatic heterocycles. The number of hydrogen-bond acceptors (Lipinski definition) is 5. The molecule has 0 fully saturated rings. The van der Waals surface area contributed by atoms with Crippen molar-refractivity contribution >= 4 is 29.2 Å². The van der Waals surface area contributed by atoms with Crippen LogP contribution in [0.4, 0.5) is 22.0 Å². The number of amides is 2. The fraction of sp³-hybridized carbons (Fsp3) is 0.269. The number of hydrogen-bond donors (Lipinski definition) is 2. The highest BCUT2D eigenvalue weighted by molar-refractivity contribution is 6.00. The molecule has 0 aliphatic rings. The van der Waals surface area contributed by atoms with E-state index in [0.29, 0.717) is 23.8 Å². The third-order valence-electron chi connectivity index (χ3n) is 5.33. The summed E-state index contributed by atoms with van der Waals surface area (Å²) in [7, 11) is 5.58. The molecule has 0 saturated heterocycles. The number of urea groups is 1. The SMILES string of the molecule is CCO[C@@H](Cc1ccc(-c2cccc(N(C)C(=O)Nc3ccc(N(C)C)cc3)n2)cc1)C(=O)O. The predicted molar refractivity (Wildman–Crippen MR) is 135 cm³/mol. The molecular formula is C26H30N4O4. The number of ether oxygens (including phenoxy) is 1. The summed E-state index contributed by atoms with van der Waals surface area (Å²) < 4.78 is 5.29. The summed E-state index contributed by atoms with van der Waals surface area (Å²) in [5.74, 6) is -0.471. The van der Waals surface area contributed by atoms with E-state index in [2.05, 4.69) is 10.3 Å². The zero-order valence-electron chi connectivity index (χ0n) is 19.9. The molecule has 0 unspecified atom stereocenters. The maximum absolute atomic E-state index is 12.7. The standard InChI is InChI=1S/C26H30N4O4/c1-5-34-23(25(31)32)17-18-9-11-19(12-10-18)22-7-6-8-24(28-22)30(4)26(33)27-20-13-15-21(16-14-20)29(2)3/h6-16,23H,5,17H2,1-4H3,(H,27,33)(H,31,32)/t23-/m0/s1. The van der Waals surface area contributed by atoms with Gasteiger partial charge in [0.05, 0.1) is 5.69 Å². The molecule has 1 heterocycles. The molecule has 1 atom stereocenters. The highest BCUT2D eigenvalue weighted by atomic mass is 16.5. The van der Waals surface area contributed by atoms with Gasteiger partial charge in [0, 0.05) is 51.1 Å². The Morgan fingerprint density at radius 2 is 1.68 bits per heavy atom. The Kier molecular flexibility index (Phi) is 8.21. The number of anilines is 3. The first-order chi connectivity index (χ1) is 16.3. The normalized spacial score (nSPS) is 11.5. The first-order valence-corrected chi connectivity index (χ1v) is 11.0. The number of carbonyl (C=O) groups is 2. The predicted octanol–water partition coefficient (Wildman–Crippen LogP) is 4.52. The summed E-state index contributed by atoms with van der Waals surface area (Å²) in [6.45, 7) is 2.12. The minimum Gasteiger partial charge on any atom is -0.479 e. The lowest BCUT2D eigenvalue weighted by molar-refractivity contribution is -0.149. The second-order valence-electron chi connectivity index (χ2n) is 7.99. The monoisotopic (exact) mass is 462 g/mol. The highest BCUT2D eigenvalue weighted by Crippen LogP contribution is 2.22. The quantitative estimate of drug-likeness (QED) is 0.486. The van der Waals surface area contributed by atoms with Gasteiger partial charge in [0.15, 0.2) is 6.10 Å². The Bertz CT molecular complexity index is 1110. The maximum atomic E-state index is 12.7. The highest BCUT2D eigenvalue weighted by Gasteiger charge is 2.18. The van der Waals surface area contributed by atoms with Gasteiger partial charge >= 0.3 is 12.0 Å². The van der Waals surface area contributed by atoms with Gasteiger partial charge in [-0.05, 0) is 48.9 Å². The van der Waals surface area contributed by atoms with Crippen LogP contribution < -0.4 is 15.1 Å². The lowest BCUT2D eigenvalue weighted by Crippen LogP contribution is -2.31. The van der Waals surface area contributed by atoms with E-state index in [1.165, 1.54) is 4.90 Å². The van der Waals surface area contributed by atoms with Gasteiger partial charge in [-0.25, -0.2) is 14.6 Å². The molecule has 2 amide bonds. The van der Waals surface area contributed by atoms with Crippen LogP contribution >= 0.6 is 0 Å². The molecule has 0 bridgehead atoms. The zero-order valence-corrected chi connectivity index (χ0v) is 19.9. The third kappa shape index (κ3) is 6.32. The Morgan fingerprint density at radius 1 is 1.00 bits per heavy atom. The van der Waals surface area contributed by atoms with Gasteiger partial charge in [0.25, 0.3) is 0 Å². The molecule has 3 aromatic rings. The maximum Gasteiger partial charge on any atom is 0.333 e. The average Bonchev–Trinajstić information content (AvgIpc) is 2.84. The Hall–Kier alpha value is -3.91. The summed E-state index contributed by atoms with van der Waals surface area (Å²) >= 11 is 0. The van der Waals surface area contributed by atoms with Crippen molar-refractivity contribution in [3.63, 3.8) is 0 Å². The fourth-order valence-electron chi connectivity index (χ4n) is 3.37. The second-order valence-corrected chi connectivity index (χ2v) is 7.99. The van der Waals surface area contributed by atoms with E-state index in [1.807, 2.05) is 79.7 Å². The van der Waals surface area contributed by atoms with Gasteiger partial charge in [0.2, 0.25) is 0 Å². The zero-order chi connectivity index (χ0) is 24.7. The summed E-state index contributed by atoms with van der Waals surface area (Å²) in [6.07, 6.45) is -0.585. The minimum atomic E-state index is -0.977. The molecule has 2 N–H and O–H groups in total. The molecule has 0 aliphatic carbocycles. The van der Waals surface area contributed by atoms with Crippen LogP contribution in [0.25, 0.3) is 11.3 Å². The molecule has 34 heavy (non-hydrogen) atoms. The number of pyridine rings is 1. The molecule has 0 aliphatic heterocycles. The number of carbonyl (C=O) groups excluding carboxylic acids is 1. The summed E-state index contributed by atoms with van der Waals surface area (Å²) in [5.41, 5.74) is 4.17. The Labute approximate surface area is 199 Å². The largest absolute Gasteiger partial charge is 0.479 e. The van der Waals surface area contributed by atoms with Crippen LogP contribution in [0.15, 0.2) is 66.7 Å². The average molecular weight is 463 g/mol. The fourth-order valence-corrected chi connectivity index (χ4v) is 3.37. The van der Waals surface area contributed by atoms with E-state index >= 15 is 0 Å². The van der Waals surface area contributed by atoms with Crippen molar-refractivity contribution in [1.82, 2.24) is 4.98 Å². The number of nitrogens with zero attached hydrogens (tertiary/aromatic N) is 3. The van der Waals surface area contributed by atoms with Crippen molar-refractivity contribution < 1.29 is 19.4 Å². The Balaban J connectivity index is 1.69. The lowest BCUT2D eigenvalue weighted by Gasteiger charge is -2.18. The van der Waals surface area contributed by atoms with E-state index in [1.54, 1.807) is 20.0 Å². The molecule has 3 rings (SSSR count). The number of rotatable bonds is 9. The molecular weight excluding hydrogens is 432 g/mol. The summed E-state index contributed by atoms with van der Waals surface area (Å²) in [4.78, 5) is 32.1. The van der Waals surface area contributed by atoms with Crippen LogP contribution in [0.2, 0.25) is 0 Å². The van der Waals surface area contributed by atoms with Crippen LogP contribution in [0, 0.1) is 0 Å². The van der Waals surface area contributed by atoms with E-state index < -0.39 is 12.1 Å². The molecule has 8 nitrogen and oxygen atoms in total. The van der Waals surface area contributed by atoms with Gasteiger partial charge in [-0.1, -0.05) is 30.3 Å². The number of nitrogens with one attached hydrogen (secondary N) is 1. The molecule has 0 radical (unpaired) electrons. The van der Waals surface area contributed by atoms with Crippen LogP contribution in [-0.2, 0) is 16.0 Å². The van der Waals surface area contributed by atoms with Gasteiger partial charge in [-0.2, -0.15) is 0 Å². The van der Waals surface area contributed by atoms with E-state index in [9.17, 15) is 14.7 Å². The first kappa shape index (κ1) is 24.7. The van der Waals surface area contributed by atoms with Gasteiger partial charge in [0.1, 0.15) is 5.82 Å². The molecule has 0 spiro atoms. The number of aliphatic carboxylic acids is 1. The van der Waals surface area contributed by atoms with Crippen molar-refractivity contribution in [2.45, 2.75) is 19.4 Å². The van der Waals surface area contributed by atoms with E-state index in [0.717, 1.165) is 16.8 Å². The summed E-state index contributed by atoms with van der Waals surface area (Å²) in [5, 5.41) is 12.2. The van der Waals surface area contributed by atoms with Gasteiger partial charge < -0.3 is 20.1 Å². The number of aromatic nitrogens is 1. The van der Waals surface area contributed by atoms with Crippen LogP contribution in [0.5, 0.6) is 0 Å². The minimum absolute atomic E-state index is 0.287. The van der Waals surface area contributed by atoms with Crippen molar-refractivity contribution in [3.8, 4) is 11.3 Å². The van der Waals surface area contributed by atoms with E-state index in [4.69, 9.17) is 4.74 Å². The molecule has 0 saturated carbocycles. The molecule has 8 heteroatoms. The topological polar surface area (TPSA) is 95.0 Å². The third-order valence-corrected chi connectivity index (χ3v) is 5.33. The van der Waals surface area contributed by atoms with Crippen LogP contribution in [0.1, 0.15) is 12.5 Å². The second kappa shape index (κ2) is 11.3. The van der Waals surface area contributed by atoms with Crippen molar-refractivity contribution in [1.29, 1.82) is 0 Å². The van der Waals surface area contributed by atoms with Crippen molar-refractivity contribution in [2.24, 2.45) is 0 Å². The van der Waals surface area contributed by atoms with Crippen LogP contribution in [0.3, 0.4) is 0 Å². The summed E-state index contributed by atoms with van der Waals surface area (Å²) in [6, 6.07) is 20.3. The smallest absolute Gasteiger partial charge is 0.333 e. The number of carboxylic acid groups (broad SMARTS) is 1. The van der Waals surface area contributed by atoms with Crippen molar-refractivity contribution in [3.05, 3.63) is 72.3 Å². The van der Waals surface area contributed by atoms with Gasteiger partial charge in [-0.15, -0.1) is 0 Å².